The molecule has 0 atom stereocenters. The smallest absolute Gasteiger partial charge is 0.407 e. The van der Waals surface area contributed by atoms with Gasteiger partial charge < -0.3 is 20.5 Å². The first-order chi connectivity index (χ1) is 9.76. The molecule has 0 aliphatic heterocycles. The summed E-state index contributed by atoms with van der Waals surface area (Å²) in [5.74, 6) is -0.842. The van der Waals surface area contributed by atoms with Crippen LogP contribution >= 0.6 is 0 Å². The van der Waals surface area contributed by atoms with E-state index in [-0.39, 0.29) is 6.42 Å². The van der Waals surface area contributed by atoms with Gasteiger partial charge in [0.05, 0.1) is 6.42 Å². The summed E-state index contributed by atoms with van der Waals surface area (Å²) in [6, 6.07) is 7.42. The van der Waals surface area contributed by atoms with Crippen molar-refractivity contribution in [2.75, 3.05) is 11.9 Å². The highest BCUT2D eigenvalue weighted by molar-refractivity contribution is 5.68. The number of nitrogens with one attached hydrogen (secondary N) is 2. The van der Waals surface area contributed by atoms with Crippen LogP contribution in [0.1, 0.15) is 32.8 Å². The molecule has 1 aromatic carbocycles. The summed E-state index contributed by atoms with van der Waals surface area (Å²) in [6.45, 7) is 6.13. The molecule has 0 spiro atoms. The number of carbonyl (C=O) groups excluding carboxylic acids is 1. The van der Waals surface area contributed by atoms with Gasteiger partial charge in [-0.25, -0.2) is 4.79 Å². The first-order valence-corrected chi connectivity index (χ1v) is 6.78. The zero-order valence-electron chi connectivity index (χ0n) is 12.6. The maximum atomic E-state index is 11.5. The van der Waals surface area contributed by atoms with Gasteiger partial charge in [-0.3, -0.25) is 4.79 Å². The van der Waals surface area contributed by atoms with Crippen molar-refractivity contribution in [2.45, 2.75) is 39.3 Å². The molecule has 3 N–H and O–H groups in total. The number of benzene rings is 1. The fraction of sp³-hybridized carbons (Fsp3) is 0.467. The maximum absolute atomic E-state index is 11.5. The Morgan fingerprint density at radius 1 is 1.29 bits per heavy atom. The number of hydrogen-bond acceptors (Lipinski definition) is 4. The van der Waals surface area contributed by atoms with Crippen molar-refractivity contribution in [3.05, 3.63) is 29.8 Å². The van der Waals surface area contributed by atoms with E-state index in [1.807, 2.05) is 24.3 Å². The number of ether oxygens (including phenoxy) is 1. The minimum Gasteiger partial charge on any atom is -0.481 e. The minimum absolute atomic E-state index is 0.0559. The van der Waals surface area contributed by atoms with Crippen molar-refractivity contribution in [1.29, 1.82) is 0 Å². The second kappa shape index (κ2) is 7.52. The highest BCUT2D eigenvalue weighted by atomic mass is 16.6. The van der Waals surface area contributed by atoms with Crippen LogP contribution in [-0.4, -0.2) is 29.3 Å². The van der Waals surface area contributed by atoms with Crippen molar-refractivity contribution < 1.29 is 19.4 Å². The Morgan fingerprint density at radius 3 is 2.62 bits per heavy atom. The van der Waals surface area contributed by atoms with E-state index in [9.17, 15) is 9.59 Å². The van der Waals surface area contributed by atoms with Crippen molar-refractivity contribution in [3.63, 3.8) is 0 Å². The number of carbonyl (C=O) groups is 2. The predicted octanol–water partition coefficient (Wildman–Crippen LogP) is 2.60. The molecule has 0 heterocycles. The molecular weight excluding hydrogens is 272 g/mol. The molecule has 0 fully saturated rings. The highest BCUT2D eigenvalue weighted by Crippen LogP contribution is 2.11. The molecule has 0 saturated carbocycles. The average Bonchev–Trinajstić information content (AvgIpc) is 2.34. The summed E-state index contributed by atoms with van der Waals surface area (Å²) in [5, 5.41) is 14.3. The Balaban J connectivity index is 2.45. The molecule has 21 heavy (non-hydrogen) atoms. The second-order valence-electron chi connectivity index (χ2n) is 5.63. The quantitative estimate of drug-likeness (QED) is 0.750. The Bertz CT molecular complexity index is 495. The highest BCUT2D eigenvalue weighted by Gasteiger charge is 2.15. The largest absolute Gasteiger partial charge is 0.481 e. The SMILES string of the molecule is CC(C)(C)OC(=O)NCc1cccc(NCCC(=O)O)c1. The number of anilines is 1. The lowest BCUT2D eigenvalue weighted by atomic mass is 10.2. The van der Waals surface area contributed by atoms with Gasteiger partial charge in [0.1, 0.15) is 5.60 Å². The van der Waals surface area contributed by atoms with Gasteiger partial charge in [0, 0.05) is 18.8 Å². The molecule has 0 radical (unpaired) electrons. The van der Waals surface area contributed by atoms with Gasteiger partial charge in [-0.1, -0.05) is 12.1 Å². The zero-order chi connectivity index (χ0) is 15.9. The molecule has 1 aromatic rings. The number of carboxylic acid groups (broad SMARTS) is 1. The summed E-state index contributed by atoms with van der Waals surface area (Å²) in [4.78, 5) is 22.0. The minimum atomic E-state index is -0.842. The van der Waals surface area contributed by atoms with Crippen molar-refractivity contribution in [2.24, 2.45) is 0 Å². The average molecular weight is 294 g/mol. The van der Waals surface area contributed by atoms with Gasteiger partial charge in [-0.2, -0.15) is 0 Å². The third-order valence-electron chi connectivity index (χ3n) is 2.43. The van der Waals surface area contributed by atoms with Gasteiger partial charge >= 0.3 is 12.1 Å². The van der Waals surface area contributed by atoms with Crippen molar-refractivity contribution in [3.8, 4) is 0 Å². The van der Waals surface area contributed by atoms with E-state index in [4.69, 9.17) is 9.84 Å². The van der Waals surface area contributed by atoms with E-state index in [0.717, 1.165) is 11.3 Å². The lowest BCUT2D eigenvalue weighted by Crippen LogP contribution is -2.32. The fourth-order valence-corrected chi connectivity index (χ4v) is 1.59. The summed E-state index contributed by atoms with van der Waals surface area (Å²) in [7, 11) is 0. The van der Waals surface area contributed by atoms with Crippen LogP contribution in [0, 0.1) is 0 Å². The first-order valence-electron chi connectivity index (χ1n) is 6.78. The van der Waals surface area contributed by atoms with E-state index >= 15 is 0 Å². The van der Waals surface area contributed by atoms with Gasteiger partial charge in [0.2, 0.25) is 0 Å². The Morgan fingerprint density at radius 2 is 2.00 bits per heavy atom. The topological polar surface area (TPSA) is 87.7 Å². The Kier molecular flexibility index (Phi) is 6.02. The summed E-state index contributed by atoms with van der Waals surface area (Å²) in [6.07, 6.45) is -0.410. The Labute approximate surface area is 124 Å². The maximum Gasteiger partial charge on any atom is 0.407 e. The van der Waals surface area contributed by atoms with E-state index in [1.165, 1.54) is 0 Å². The molecule has 116 valence electrons. The van der Waals surface area contributed by atoms with Crippen LogP contribution in [0.5, 0.6) is 0 Å². The number of carboxylic acids is 1. The van der Waals surface area contributed by atoms with Crippen molar-refractivity contribution >= 4 is 17.7 Å². The molecule has 1 rings (SSSR count). The lowest BCUT2D eigenvalue weighted by Gasteiger charge is -2.19. The van der Waals surface area contributed by atoms with E-state index in [2.05, 4.69) is 10.6 Å². The molecule has 0 aliphatic carbocycles. The predicted molar refractivity (Wildman–Crippen MR) is 80.3 cm³/mol. The van der Waals surface area contributed by atoms with Crippen LogP contribution in [0.2, 0.25) is 0 Å². The molecule has 0 aliphatic rings. The first kappa shape index (κ1) is 16.8. The van der Waals surface area contributed by atoms with Gasteiger partial charge in [-0.05, 0) is 38.5 Å². The number of rotatable bonds is 6. The van der Waals surface area contributed by atoms with Gasteiger partial charge in [0.15, 0.2) is 0 Å². The fourth-order valence-electron chi connectivity index (χ4n) is 1.59. The van der Waals surface area contributed by atoms with Crippen LogP contribution < -0.4 is 10.6 Å². The van der Waals surface area contributed by atoms with Gasteiger partial charge in [0.25, 0.3) is 0 Å². The van der Waals surface area contributed by atoms with E-state index < -0.39 is 17.7 Å². The molecule has 0 aromatic heterocycles. The van der Waals surface area contributed by atoms with E-state index in [0.29, 0.717) is 13.1 Å². The standard InChI is InChI=1S/C15H22N2O4/c1-15(2,3)21-14(20)17-10-11-5-4-6-12(9-11)16-8-7-13(18)19/h4-6,9,16H,7-8,10H2,1-3H3,(H,17,20)(H,18,19). The third-order valence-corrected chi connectivity index (χ3v) is 2.43. The lowest BCUT2D eigenvalue weighted by molar-refractivity contribution is -0.136. The summed E-state index contributed by atoms with van der Waals surface area (Å²) < 4.78 is 5.15. The molecular formula is C15H22N2O4. The molecule has 0 unspecified atom stereocenters. The van der Waals surface area contributed by atoms with E-state index in [1.54, 1.807) is 20.8 Å². The summed E-state index contributed by atoms with van der Waals surface area (Å²) in [5.41, 5.74) is 1.20. The number of amides is 1. The van der Waals surface area contributed by atoms with Crippen LogP contribution in [0.4, 0.5) is 10.5 Å². The molecule has 1 amide bonds. The molecule has 0 bridgehead atoms. The van der Waals surface area contributed by atoms with Gasteiger partial charge in [-0.15, -0.1) is 0 Å². The van der Waals surface area contributed by atoms with Crippen LogP contribution in [0.25, 0.3) is 0 Å². The normalized spacial score (nSPS) is 10.8. The monoisotopic (exact) mass is 294 g/mol. The second-order valence-corrected chi connectivity index (χ2v) is 5.63. The zero-order valence-corrected chi connectivity index (χ0v) is 12.6. The molecule has 6 nitrogen and oxygen atoms in total. The molecule has 0 saturated heterocycles. The van der Waals surface area contributed by atoms with Crippen LogP contribution in [0.15, 0.2) is 24.3 Å². The summed E-state index contributed by atoms with van der Waals surface area (Å²) >= 11 is 0. The van der Waals surface area contributed by atoms with Crippen LogP contribution in [0.3, 0.4) is 0 Å². The molecule has 6 heteroatoms. The number of hydrogen-bond donors (Lipinski definition) is 3. The number of aliphatic carboxylic acids is 1. The Hall–Kier alpha value is -2.24. The number of alkyl carbamates (subject to hydrolysis) is 1. The third kappa shape index (κ3) is 7.81. The van der Waals surface area contributed by atoms with Crippen LogP contribution in [-0.2, 0) is 16.1 Å². The van der Waals surface area contributed by atoms with Crippen molar-refractivity contribution in [1.82, 2.24) is 5.32 Å².